The van der Waals surface area contributed by atoms with E-state index >= 15 is 0 Å². The third-order valence-corrected chi connectivity index (χ3v) is 2.74. The van der Waals surface area contributed by atoms with Gasteiger partial charge in [-0.2, -0.15) is 0 Å². The molecule has 0 radical (unpaired) electrons. The van der Waals surface area contributed by atoms with E-state index in [4.69, 9.17) is 0 Å². The summed E-state index contributed by atoms with van der Waals surface area (Å²) in [5, 5.41) is 3.32. The maximum absolute atomic E-state index is 11.5. The zero-order valence-corrected chi connectivity index (χ0v) is 9.21. The number of fused-ring (bicyclic) bond motifs is 1. The lowest BCUT2D eigenvalue weighted by Crippen LogP contribution is -2.23. The molecular formula is C12H16N2O. The second kappa shape index (κ2) is 3.93. The predicted molar refractivity (Wildman–Crippen MR) is 61.0 cm³/mol. The van der Waals surface area contributed by atoms with Crippen molar-refractivity contribution in [2.45, 2.75) is 12.8 Å². The van der Waals surface area contributed by atoms with E-state index in [1.165, 1.54) is 11.3 Å². The van der Waals surface area contributed by atoms with Gasteiger partial charge in [0.15, 0.2) is 0 Å². The third kappa shape index (κ3) is 2.12. The highest BCUT2D eigenvalue weighted by Crippen LogP contribution is 2.23. The van der Waals surface area contributed by atoms with Crippen LogP contribution in [0.3, 0.4) is 0 Å². The summed E-state index contributed by atoms with van der Waals surface area (Å²) in [6, 6.07) is 6.25. The molecule has 1 aliphatic rings. The zero-order valence-electron chi connectivity index (χ0n) is 9.21. The molecule has 1 aliphatic heterocycles. The molecule has 1 amide bonds. The van der Waals surface area contributed by atoms with Crippen molar-refractivity contribution in [3.63, 3.8) is 0 Å². The molecule has 0 unspecified atom stereocenters. The summed E-state index contributed by atoms with van der Waals surface area (Å²) in [5.41, 5.74) is 3.64. The quantitative estimate of drug-likeness (QED) is 0.787. The number of likely N-dealkylation sites (N-methyl/N-ethyl adjacent to an activating group) is 1. The van der Waals surface area contributed by atoms with Gasteiger partial charge >= 0.3 is 0 Å². The maximum atomic E-state index is 11.5. The number of amides is 1. The van der Waals surface area contributed by atoms with Crippen molar-refractivity contribution in [1.82, 2.24) is 4.90 Å². The third-order valence-electron chi connectivity index (χ3n) is 2.74. The Hall–Kier alpha value is -1.51. The van der Waals surface area contributed by atoms with Crippen LogP contribution in [-0.2, 0) is 17.6 Å². The molecule has 15 heavy (non-hydrogen) atoms. The van der Waals surface area contributed by atoms with Gasteiger partial charge in [0.25, 0.3) is 0 Å². The van der Waals surface area contributed by atoms with Crippen molar-refractivity contribution < 1.29 is 4.79 Å². The van der Waals surface area contributed by atoms with Crippen LogP contribution in [0, 0.1) is 0 Å². The first-order chi connectivity index (χ1) is 7.16. The Balaban J connectivity index is 2.13. The van der Waals surface area contributed by atoms with E-state index < -0.39 is 0 Å². The molecule has 1 N–H and O–H groups in total. The van der Waals surface area contributed by atoms with E-state index in [1.807, 2.05) is 6.07 Å². The van der Waals surface area contributed by atoms with Crippen molar-refractivity contribution >= 4 is 11.6 Å². The normalized spacial score (nSPS) is 13.2. The van der Waals surface area contributed by atoms with E-state index in [-0.39, 0.29) is 5.91 Å². The number of benzene rings is 1. The number of hydrogen-bond donors (Lipinski definition) is 1. The molecular weight excluding hydrogens is 188 g/mol. The first kappa shape index (κ1) is 10.0. The Bertz CT molecular complexity index is 385. The van der Waals surface area contributed by atoms with Crippen LogP contribution < -0.4 is 5.32 Å². The van der Waals surface area contributed by atoms with Crippen molar-refractivity contribution in [2.24, 2.45) is 0 Å². The molecule has 0 aliphatic carbocycles. The summed E-state index contributed by atoms with van der Waals surface area (Å²) < 4.78 is 0. The van der Waals surface area contributed by atoms with E-state index in [9.17, 15) is 4.79 Å². The van der Waals surface area contributed by atoms with Crippen LogP contribution in [0.4, 0.5) is 5.69 Å². The van der Waals surface area contributed by atoms with Crippen LogP contribution in [0.25, 0.3) is 0 Å². The smallest absolute Gasteiger partial charge is 0.226 e. The van der Waals surface area contributed by atoms with Crippen molar-refractivity contribution in [3.05, 3.63) is 29.3 Å². The molecule has 0 atom stereocenters. The fourth-order valence-corrected chi connectivity index (χ4v) is 1.78. The van der Waals surface area contributed by atoms with Crippen LogP contribution in [-0.4, -0.2) is 31.4 Å². The first-order valence-electron chi connectivity index (χ1n) is 5.22. The van der Waals surface area contributed by atoms with Gasteiger partial charge in [0.2, 0.25) is 5.91 Å². The minimum atomic E-state index is 0.146. The Labute approximate surface area is 90.1 Å². The van der Waals surface area contributed by atoms with Gasteiger partial charge in [-0.1, -0.05) is 12.1 Å². The van der Waals surface area contributed by atoms with Crippen LogP contribution >= 0.6 is 0 Å². The first-order valence-corrected chi connectivity index (χ1v) is 5.22. The van der Waals surface area contributed by atoms with Crippen LogP contribution in [0.2, 0.25) is 0 Å². The van der Waals surface area contributed by atoms with Gasteiger partial charge in [-0.25, -0.2) is 0 Å². The Kier molecular flexibility index (Phi) is 2.62. The van der Waals surface area contributed by atoms with Gasteiger partial charge in [0.05, 0.1) is 6.42 Å². The number of rotatable bonds is 2. The van der Waals surface area contributed by atoms with Crippen LogP contribution in [0.15, 0.2) is 18.2 Å². The molecule has 1 heterocycles. The molecule has 0 aromatic heterocycles. The van der Waals surface area contributed by atoms with Gasteiger partial charge in [0, 0.05) is 26.3 Å². The summed E-state index contributed by atoms with van der Waals surface area (Å²) in [6.07, 6.45) is 1.58. The SMILES string of the molecule is CN(C)C(=O)Cc1ccc2c(c1)NCC2. The average molecular weight is 204 g/mol. The molecule has 0 spiro atoms. The molecule has 80 valence electrons. The highest BCUT2D eigenvalue weighted by Gasteiger charge is 2.11. The molecule has 2 rings (SSSR count). The topological polar surface area (TPSA) is 32.3 Å². The molecule has 1 aromatic rings. The average Bonchev–Trinajstić information content (AvgIpc) is 2.64. The van der Waals surface area contributed by atoms with Gasteiger partial charge in [-0.05, 0) is 23.6 Å². The summed E-state index contributed by atoms with van der Waals surface area (Å²) in [4.78, 5) is 13.1. The molecule has 1 aromatic carbocycles. The summed E-state index contributed by atoms with van der Waals surface area (Å²) in [7, 11) is 3.57. The van der Waals surface area contributed by atoms with E-state index in [2.05, 4.69) is 17.4 Å². The monoisotopic (exact) mass is 204 g/mol. The highest BCUT2D eigenvalue weighted by atomic mass is 16.2. The minimum Gasteiger partial charge on any atom is -0.384 e. The number of anilines is 1. The zero-order chi connectivity index (χ0) is 10.8. The number of nitrogens with one attached hydrogen (secondary N) is 1. The second-order valence-corrected chi connectivity index (χ2v) is 4.13. The van der Waals surface area contributed by atoms with E-state index in [0.717, 1.165) is 18.5 Å². The highest BCUT2D eigenvalue weighted by molar-refractivity contribution is 5.78. The van der Waals surface area contributed by atoms with Crippen molar-refractivity contribution in [1.29, 1.82) is 0 Å². The molecule has 0 saturated carbocycles. The molecule has 0 bridgehead atoms. The van der Waals surface area contributed by atoms with Crippen LogP contribution in [0.1, 0.15) is 11.1 Å². The van der Waals surface area contributed by atoms with E-state index in [1.54, 1.807) is 19.0 Å². The van der Waals surface area contributed by atoms with Gasteiger partial charge in [-0.3, -0.25) is 4.79 Å². The maximum Gasteiger partial charge on any atom is 0.226 e. The minimum absolute atomic E-state index is 0.146. The molecule has 3 nitrogen and oxygen atoms in total. The lowest BCUT2D eigenvalue weighted by molar-refractivity contribution is -0.127. The number of nitrogens with zero attached hydrogens (tertiary/aromatic N) is 1. The molecule has 0 fully saturated rings. The number of hydrogen-bond acceptors (Lipinski definition) is 2. The van der Waals surface area contributed by atoms with E-state index in [0.29, 0.717) is 6.42 Å². The Morgan fingerprint density at radius 2 is 2.27 bits per heavy atom. The van der Waals surface area contributed by atoms with Crippen molar-refractivity contribution in [3.8, 4) is 0 Å². The van der Waals surface area contributed by atoms with Crippen molar-refractivity contribution in [2.75, 3.05) is 26.0 Å². The Morgan fingerprint density at radius 3 is 3.00 bits per heavy atom. The van der Waals surface area contributed by atoms with Gasteiger partial charge in [-0.15, -0.1) is 0 Å². The lowest BCUT2D eigenvalue weighted by Gasteiger charge is -2.10. The number of carbonyl (C=O) groups is 1. The standard InChI is InChI=1S/C12H16N2O/c1-14(2)12(15)8-9-3-4-10-5-6-13-11(10)7-9/h3-4,7,13H,5-6,8H2,1-2H3. The van der Waals surface area contributed by atoms with Gasteiger partial charge in [0.1, 0.15) is 0 Å². The Morgan fingerprint density at radius 1 is 1.47 bits per heavy atom. The number of carbonyl (C=O) groups excluding carboxylic acids is 1. The summed E-state index contributed by atoms with van der Waals surface area (Å²) >= 11 is 0. The molecule has 0 saturated heterocycles. The second-order valence-electron chi connectivity index (χ2n) is 4.13. The summed E-state index contributed by atoms with van der Waals surface area (Å²) in [5.74, 6) is 0.146. The predicted octanol–water partition coefficient (Wildman–Crippen LogP) is 1.29. The fraction of sp³-hybridized carbons (Fsp3) is 0.417. The van der Waals surface area contributed by atoms with Crippen LogP contribution in [0.5, 0.6) is 0 Å². The lowest BCUT2D eigenvalue weighted by atomic mass is 10.1. The van der Waals surface area contributed by atoms with Gasteiger partial charge < -0.3 is 10.2 Å². The largest absolute Gasteiger partial charge is 0.384 e. The fourth-order valence-electron chi connectivity index (χ4n) is 1.78. The molecule has 3 heteroatoms. The summed E-state index contributed by atoms with van der Waals surface area (Å²) in [6.45, 7) is 1.01.